The first kappa shape index (κ1) is 46.0. The van der Waals surface area contributed by atoms with Crippen LogP contribution in [0.15, 0.2) is 30.3 Å². The minimum Gasteiger partial charge on any atom is -0.467 e. The lowest BCUT2D eigenvalue weighted by Crippen LogP contribution is -2.59. The third kappa shape index (κ3) is 12.4. The molecular weight excluding hydrogens is 699 g/mol. The summed E-state index contributed by atoms with van der Waals surface area (Å²) in [6.45, 7) is 10.2. The number of likely N-dealkylation sites (N-methyl/N-ethyl adjacent to an activating group) is 2. The number of methoxy groups -OCH3 is 3. The molecule has 13 nitrogen and oxygen atoms in total. The number of thiol groups is 1. The summed E-state index contributed by atoms with van der Waals surface area (Å²) in [5.74, 6) is -2.31. The number of likely N-dealkylation sites (tertiary alicyclic amines) is 1. The second kappa shape index (κ2) is 22.2. The van der Waals surface area contributed by atoms with Crippen LogP contribution in [0.2, 0.25) is 0 Å². The van der Waals surface area contributed by atoms with E-state index in [0.717, 1.165) is 12.0 Å². The number of hydrogen-bond donors (Lipinski definition) is 3. The molecule has 0 bridgehead atoms. The Bertz CT molecular complexity index is 1330. The molecule has 14 heteroatoms. The maximum absolute atomic E-state index is 14.1. The van der Waals surface area contributed by atoms with Gasteiger partial charge in [0.25, 0.3) is 0 Å². The summed E-state index contributed by atoms with van der Waals surface area (Å²) >= 11 is 4.42. The zero-order chi connectivity index (χ0) is 40.0. The molecule has 1 aromatic carbocycles. The van der Waals surface area contributed by atoms with Gasteiger partial charge in [-0.15, -0.1) is 0 Å². The number of amides is 4. The summed E-state index contributed by atoms with van der Waals surface area (Å²) in [5, 5.41) is 5.76. The molecular formula is C39H65N5O8S. The van der Waals surface area contributed by atoms with Crippen molar-refractivity contribution in [3.8, 4) is 0 Å². The zero-order valence-corrected chi connectivity index (χ0v) is 34.6. The van der Waals surface area contributed by atoms with E-state index in [9.17, 15) is 24.0 Å². The van der Waals surface area contributed by atoms with Crippen molar-refractivity contribution in [2.24, 2.45) is 17.8 Å². The molecule has 0 spiro atoms. The average molecular weight is 764 g/mol. The van der Waals surface area contributed by atoms with Crippen LogP contribution in [0.1, 0.15) is 65.9 Å². The molecule has 2 rings (SSSR count). The smallest absolute Gasteiger partial charge is 0.328 e. The van der Waals surface area contributed by atoms with E-state index in [1.54, 1.807) is 23.8 Å². The quantitative estimate of drug-likeness (QED) is 0.127. The molecule has 0 saturated carbocycles. The molecule has 1 saturated heterocycles. The van der Waals surface area contributed by atoms with Crippen molar-refractivity contribution in [1.82, 2.24) is 25.3 Å². The van der Waals surface area contributed by atoms with Gasteiger partial charge in [-0.2, -0.15) is 12.6 Å². The first-order chi connectivity index (χ1) is 25.1. The topological polar surface area (TPSA) is 147 Å². The fourth-order valence-electron chi connectivity index (χ4n) is 7.62. The van der Waals surface area contributed by atoms with Gasteiger partial charge in [-0.3, -0.25) is 24.1 Å². The highest BCUT2D eigenvalue weighted by molar-refractivity contribution is 7.80. The Morgan fingerprint density at radius 2 is 1.55 bits per heavy atom. The van der Waals surface area contributed by atoms with Gasteiger partial charge in [-0.05, 0) is 44.3 Å². The minimum absolute atomic E-state index is 0.00785. The molecule has 2 N–H and O–H groups in total. The maximum atomic E-state index is 14.1. The van der Waals surface area contributed by atoms with Gasteiger partial charge in [-0.1, -0.05) is 71.4 Å². The van der Waals surface area contributed by atoms with Crippen molar-refractivity contribution in [2.45, 2.75) is 109 Å². The van der Waals surface area contributed by atoms with Crippen LogP contribution in [0.3, 0.4) is 0 Å². The van der Waals surface area contributed by atoms with E-state index < -0.39 is 54.3 Å². The second-order valence-electron chi connectivity index (χ2n) is 14.8. The van der Waals surface area contributed by atoms with E-state index in [2.05, 4.69) is 23.3 Å². The minimum atomic E-state index is -0.893. The van der Waals surface area contributed by atoms with Gasteiger partial charge in [0.2, 0.25) is 23.6 Å². The average Bonchev–Trinajstić information content (AvgIpc) is 3.62. The predicted octanol–water partition coefficient (Wildman–Crippen LogP) is 2.81. The largest absolute Gasteiger partial charge is 0.467 e. The summed E-state index contributed by atoms with van der Waals surface area (Å²) in [6.07, 6.45) is 1.02. The molecule has 1 aliphatic rings. The number of esters is 1. The Morgan fingerprint density at radius 3 is 2.06 bits per heavy atom. The Balaban J connectivity index is 2.25. The standard InChI is InChI=1S/C39H65N5O8S/c1-12-25(4)34(43(8)38(48)29(23-53)41-37(47)33(24(2)3)42(6)7)31(50-9)22-32(45)44-20-16-19-30(44)35(51-10)26(5)36(46)40-28(39(49)52-11)21-27-17-14-13-15-18-27/h13-15,17-18,24-26,28-31,33-35,53H,12,16,19-23H2,1-11H3,(H,40,46)(H,41,47)/t25-,26+,28-,29-,30-,31+,33?,34-,35+/m0/s1. The molecule has 1 unspecified atom stereocenters. The van der Waals surface area contributed by atoms with Crippen LogP contribution in [0, 0.1) is 17.8 Å². The summed E-state index contributed by atoms with van der Waals surface area (Å²) in [4.78, 5) is 72.8. The molecule has 1 heterocycles. The highest BCUT2D eigenvalue weighted by Crippen LogP contribution is 2.29. The number of nitrogens with zero attached hydrogens (tertiary/aromatic N) is 3. The van der Waals surface area contributed by atoms with Crippen LogP contribution in [-0.4, -0.2) is 141 Å². The van der Waals surface area contributed by atoms with Crippen molar-refractivity contribution in [1.29, 1.82) is 0 Å². The van der Waals surface area contributed by atoms with E-state index in [0.29, 0.717) is 19.4 Å². The molecule has 0 aromatic heterocycles. The van der Waals surface area contributed by atoms with Crippen molar-refractivity contribution in [3.63, 3.8) is 0 Å². The molecule has 53 heavy (non-hydrogen) atoms. The van der Waals surface area contributed by atoms with Crippen LogP contribution in [0.4, 0.5) is 0 Å². The summed E-state index contributed by atoms with van der Waals surface area (Å²) in [7, 11) is 9.68. The SMILES string of the molecule is CC[C@H](C)[C@@H]([C@@H](CC(=O)N1CCC[C@H]1[C@H](OC)[C@@H](C)C(=O)N[C@@H](Cc1ccccc1)C(=O)OC)OC)N(C)C(=O)[C@H](CS)NC(=O)C(C(C)C)N(C)C. The zero-order valence-electron chi connectivity index (χ0n) is 33.7. The number of ether oxygens (including phenoxy) is 3. The fraction of sp³-hybridized carbons (Fsp3) is 0.718. The highest BCUT2D eigenvalue weighted by Gasteiger charge is 2.43. The lowest BCUT2D eigenvalue weighted by atomic mass is 9.90. The van der Waals surface area contributed by atoms with Crippen molar-refractivity contribution < 1.29 is 38.2 Å². The Labute approximate surface area is 322 Å². The lowest BCUT2D eigenvalue weighted by molar-refractivity contribution is -0.148. The Kier molecular flexibility index (Phi) is 19.3. The second-order valence-corrected chi connectivity index (χ2v) is 15.1. The van der Waals surface area contributed by atoms with Crippen molar-refractivity contribution in [3.05, 3.63) is 35.9 Å². The van der Waals surface area contributed by atoms with E-state index in [1.165, 1.54) is 21.3 Å². The maximum Gasteiger partial charge on any atom is 0.328 e. The van der Waals surface area contributed by atoms with Crippen molar-refractivity contribution in [2.75, 3.05) is 54.8 Å². The number of rotatable bonds is 21. The van der Waals surface area contributed by atoms with Gasteiger partial charge in [0.1, 0.15) is 12.1 Å². The van der Waals surface area contributed by atoms with Gasteiger partial charge in [0, 0.05) is 40.0 Å². The van der Waals surface area contributed by atoms with Gasteiger partial charge in [-0.25, -0.2) is 4.79 Å². The first-order valence-corrected chi connectivity index (χ1v) is 19.3. The molecule has 9 atom stereocenters. The summed E-state index contributed by atoms with van der Waals surface area (Å²) in [5.41, 5.74) is 0.873. The molecule has 1 fully saturated rings. The molecule has 0 aliphatic carbocycles. The molecule has 1 aromatic rings. The van der Waals surface area contributed by atoms with Crippen molar-refractivity contribution >= 4 is 42.2 Å². The fourth-order valence-corrected chi connectivity index (χ4v) is 7.86. The van der Waals surface area contributed by atoms with E-state index in [1.807, 2.05) is 77.0 Å². The number of hydrogen-bond acceptors (Lipinski definition) is 10. The third-order valence-electron chi connectivity index (χ3n) is 10.6. The Morgan fingerprint density at radius 1 is 0.925 bits per heavy atom. The van der Waals surface area contributed by atoms with Crippen LogP contribution in [-0.2, 0) is 44.6 Å². The van der Waals surface area contributed by atoms with E-state index >= 15 is 0 Å². The molecule has 1 aliphatic heterocycles. The highest BCUT2D eigenvalue weighted by atomic mass is 32.1. The third-order valence-corrected chi connectivity index (χ3v) is 11.0. The van der Waals surface area contributed by atoms with E-state index in [-0.39, 0.29) is 54.1 Å². The van der Waals surface area contributed by atoms with Gasteiger partial charge >= 0.3 is 5.97 Å². The molecule has 4 amide bonds. The van der Waals surface area contributed by atoms with Crippen LogP contribution in [0.25, 0.3) is 0 Å². The van der Waals surface area contributed by atoms with E-state index in [4.69, 9.17) is 14.2 Å². The van der Waals surface area contributed by atoms with Gasteiger partial charge < -0.3 is 34.6 Å². The number of benzene rings is 1. The predicted molar refractivity (Wildman–Crippen MR) is 208 cm³/mol. The number of nitrogens with one attached hydrogen (secondary N) is 2. The van der Waals surface area contributed by atoms with Crippen LogP contribution < -0.4 is 10.6 Å². The molecule has 0 radical (unpaired) electrons. The first-order valence-electron chi connectivity index (χ1n) is 18.7. The normalized spacial score (nSPS) is 19.1. The summed E-state index contributed by atoms with van der Waals surface area (Å²) in [6, 6.07) is 6.29. The number of carbonyl (C=O) groups excluding carboxylic acids is 5. The van der Waals surface area contributed by atoms with Gasteiger partial charge in [0.05, 0.1) is 49.8 Å². The Hall–Kier alpha value is -3.20. The lowest BCUT2D eigenvalue weighted by Gasteiger charge is -2.40. The van der Waals surface area contributed by atoms with Crippen LogP contribution >= 0.6 is 12.6 Å². The summed E-state index contributed by atoms with van der Waals surface area (Å²) < 4.78 is 16.9. The number of carbonyl (C=O) groups is 5. The monoisotopic (exact) mass is 763 g/mol. The van der Waals surface area contributed by atoms with Gasteiger partial charge in [0.15, 0.2) is 0 Å². The van der Waals surface area contributed by atoms with Crippen LogP contribution in [0.5, 0.6) is 0 Å². The molecule has 300 valence electrons.